The molecule has 0 saturated heterocycles. The lowest BCUT2D eigenvalue weighted by Crippen LogP contribution is -2.29. The summed E-state index contributed by atoms with van der Waals surface area (Å²) in [7, 11) is 1.42. The predicted octanol–water partition coefficient (Wildman–Crippen LogP) is -0.700. The SMILES string of the molecule is COc1cnc(C(=O)NCC(=O)O)cn1. The summed E-state index contributed by atoms with van der Waals surface area (Å²) in [6, 6.07) is 0. The van der Waals surface area contributed by atoms with E-state index < -0.39 is 18.4 Å². The van der Waals surface area contributed by atoms with Crippen molar-refractivity contribution in [3.8, 4) is 5.88 Å². The van der Waals surface area contributed by atoms with Gasteiger partial charge in [0.15, 0.2) is 0 Å². The molecule has 0 atom stereocenters. The lowest BCUT2D eigenvalue weighted by atomic mass is 10.4. The van der Waals surface area contributed by atoms with E-state index in [0.717, 1.165) is 0 Å². The van der Waals surface area contributed by atoms with Crippen LogP contribution in [-0.2, 0) is 4.79 Å². The van der Waals surface area contributed by atoms with Crippen molar-refractivity contribution < 1.29 is 19.4 Å². The highest BCUT2D eigenvalue weighted by Gasteiger charge is 2.08. The van der Waals surface area contributed by atoms with E-state index in [1.165, 1.54) is 19.5 Å². The maximum absolute atomic E-state index is 11.2. The van der Waals surface area contributed by atoms with Crippen molar-refractivity contribution in [2.24, 2.45) is 0 Å². The maximum Gasteiger partial charge on any atom is 0.322 e. The molecule has 1 amide bonds. The van der Waals surface area contributed by atoms with Crippen molar-refractivity contribution in [2.45, 2.75) is 0 Å². The fraction of sp³-hybridized carbons (Fsp3) is 0.250. The van der Waals surface area contributed by atoms with E-state index in [1.54, 1.807) is 0 Å². The third-order valence-corrected chi connectivity index (χ3v) is 1.47. The molecule has 0 fully saturated rings. The number of methoxy groups -OCH3 is 1. The van der Waals surface area contributed by atoms with Crippen molar-refractivity contribution in [1.29, 1.82) is 0 Å². The molecule has 1 rings (SSSR count). The van der Waals surface area contributed by atoms with Crippen molar-refractivity contribution in [3.63, 3.8) is 0 Å². The van der Waals surface area contributed by atoms with Crippen LogP contribution < -0.4 is 10.1 Å². The van der Waals surface area contributed by atoms with Gasteiger partial charge in [-0.15, -0.1) is 0 Å². The Morgan fingerprint density at radius 2 is 2.20 bits per heavy atom. The monoisotopic (exact) mass is 211 g/mol. The fourth-order valence-corrected chi connectivity index (χ4v) is 0.785. The van der Waals surface area contributed by atoms with Crippen molar-refractivity contribution >= 4 is 11.9 Å². The molecule has 7 nitrogen and oxygen atoms in total. The molecular weight excluding hydrogens is 202 g/mol. The number of carboxylic acids is 1. The van der Waals surface area contributed by atoms with Crippen LogP contribution in [0.25, 0.3) is 0 Å². The molecule has 0 radical (unpaired) electrons. The normalized spacial score (nSPS) is 9.40. The molecule has 0 bridgehead atoms. The Kier molecular flexibility index (Phi) is 3.55. The van der Waals surface area contributed by atoms with Gasteiger partial charge in [0.25, 0.3) is 5.91 Å². The lowest BCUT2D eigenvalue weighted by molar-refractivity contribution is -0.135. The topological polar surface area (TPSA) is 101 Å². The third kappa shape index (κ3) is 3.22. The second-order valence-corrected chi connectivity index (χ2v) is 2.52. The Balaban J connectivity index is 2.62. The Bertz CT molecular complexity index is 363. The number of hydrogen-bond donors (Lipinski definition) is 2. The number of nitrogens with one attached hydrogen (secondary N) is 1. The molecule has 80 valence electrons. The van der Waals surface area contributed by atoms with E-state index in [-0.39, 0.29) is 11.6 Å². The number of carbonyl (C=O) groups excluding carboxylic acids is 1. The van der Waals surface area contributed by atoms with Crippen LogP contribution in [0.1, 0.15) is 10.5 Å². The van der Waals surface area contributed by atoms with Gasteiger partial charge in [0.1, 0.15) is 12.2 Å². The maximum atomic E-state index is 11.2. The molecule has 0 spiro atoms. The summed E-state index contributed by atoms with van der Waals surface area (Å²) in [4.78, 5) is 28.9. The molecular formula is C8H9N3O4. The Morgan fingerprint density at radius 1 is 1.47 bits per heavy atom. The Hall–Kier alpha value is -2.18. The highest BCUT2D eigenvalue weighted by atomic mass is 16.5. The molecule has 7 heteroatoms. The number of nitrogens with zero attached hydrogens (tertiary/aromatic N) is 2. The van der Waals surface area contributed by atoms with Gasteiger partial charge in [-0.05, 0) is 0 Å². The molecule has 0 aromatic carbocycles. The predicted molar refractivity (Wildman–Crippen MR) is 48.6 cm³/mol. The number of amides is 1. The fourth-order valence-electron chi connectivity index (χ4n) is 0.785. The minimum Gasteiger partial charge on any atom is -0.480 e. The molecule has 1 aromatic heterocycles. The summed E-state index contributed by atoms with van der Waals surface area (Å²) in [6.07, 6.45) is 2.48. The highest BCUT2D eigenvalue weighted by molar-refractivity contribution is 5.93. The van der Waals surface area contributed by atoms with Crippen LogP contribution >= 0.6 is 0 Å². The van der Waals surface area contributed by atoms with Crippen molar-refractivity contribution in [3.05, 3.63) is 18.1 Å². The van der Waals surface area contributed by atoms with Crippen LogP contribution in [0, 0.1) is 0 Å². The first-order valence-electron chi connectivity index (χ1n) is 3.99. The molecule has 0 aliphatic carbocycles. The summed E-state index contributed by atoms with van der Waals surface area (Å²) >= 11 is 0. The second kappa shape index (κ2) is 4.89. The number of ether oxygens (including phenoxy) is 1. The molecule has 0 saturated carbocycles. The van der Waals surface area contributed by atoms with E-state index in [1.807, 2.05) is 0 Å². The number of carbonyl (C=O) groups is 2. The molecule has 1 aromatic rings. The van der Waals surface area contributed by atoms with E-state index in [4.69, 9.17) is 9.84 Å². The summed E-state index contributed by atoms with van der Waals surface area (Å²) in [5, 5.41) is 10.5. The smallest absolute Gasteiger partial charge is 0.322 e. The van der Waals surface area contributed by atoms with Crippen LogP contribution in [0.15, 0.2) is 12.4 Å². The Morgan fingerprint density at radius 3 is 2.67 bits per heavy atom. The standard InChI is InChI=1S/C8H9N3O4/c1-15-6-3-9-5(2-10-6)8(14)11-4-7(12)13/h2-3H,4H2,1H3,(H,11,14)(H,12,13). The van der Waals surface area contributed by atoms with E-state index in [0.29, 0.717) is 0 Å². The van der Waals surface area contributed by atoms with Crippen LogP contribution in [-0.4, -0.2) is 40.6 Å². The van der Waals surface area contributed by atoms with E-state index in [2.05, 4.69) is 15.3 Å². The summed E-state index contributed by atoms with van der Waals surface area (Å²) in [5.41, 5.74) is 0.0389. The zero-order valence-corrected chi connectivity index (χ0v) is 7.93. The average molecular weight is 211 g/mol. The summed E-state index contributed by atoms with van der Waals surface area (Å²) in [6.45, 7) is -0.452. The van der Waals surface area contributed by atoms with Gasteiger partial charge in [-0.3, -0.25) is 9.59 Å². The highest BCUT2D eigenvalue weighted by Crippen LogP contribution is 2.01. The first kappa shape index (κ1) is 10.9. The van der Waals surface area contributed by atoms with E-state index in [9.17, 15) is 9.59 Å². The largest absolute Gasteiger partial charge is 0.480 e. The zero-order valence-electron chi connectivity index (χ0n) is 7.93. The van der Waals surface area contributed by atoms with Gasteiger partial charge in [-0.2, -0.15) is 0 Å². The Labute approximate surface area is 85.1 Å². The average Bonchev–Trinajstić information content (AvgIpc) is 2.26. The molecule has 15 heavy (non-hydrogen) atoms. The summed E-state index contributed by atoms with van der Waals surface area (Å²) in [5.74, 6) is -1.43. The van der Waals surface area contributed by atoms with Gasteiger partial charge in [0, 0.05) is 0 Å². The molecule has 0 aliphatic heterocycles. The van der Waals surface area contributed by atoms with Gasteiger partial charge in [-0.25, -0.2) is 9.97 Å². The van der Waals surface area contributed by atoms with Gasteiger partial charge < -0.3 is 15.2 Å². The van der Waals surface area contributed by atoms with Crippen LogP contribution in [0.4, 0.5) is 0 Å². The zero-order chi connectivity index (χ0) is 11.3. The number of aliphatic carboxylic acids is 1. The number of aromatic nitrogens is 2. The lowest BCUT2D eigenvalue weighted by Gasteiger charge is -2.01. The van der Waals surface area contributed by atoms with Crippen molar-refractivity contribution in [2.75, 3.05) is 13.7 Å². The minimum atomic E-state index is -1.12. The first-order chi connectivity index (χ1) is 7.13. The van der Waals surface area contributed by atoms with Crippen molar-refractivity contribution in [1.82, 2.24) is 15.3 Å². The number of rotatable bonds is 4. The van der Waals surface area contributed by atoms with Gasteiger partial charge in [0.05, 0.1) is 19.5 Å². The van der Waals surface area contributed by atoms with Crippen LogP contribution in [0.5, 0.6) is 5.88 Å². The first-order valence-corrected chi connectivity index (χ1v) is 3.99. The molecule has 0 unspecified atom stereocenters. The van der Waals surface area contributed by atoms with E-state index >= 15 is 0 Å². The molecule has 1 heterocycles. The molecule has 0 aliphatic rings. The summed E-state index contributed by atoms with van der Waals surface area (Å²) < 4.78 is 4.75. The third-order valence-electron chi connectivity index (χ3n) is 1.47. The van der Waals surface area contributed by atoms with Gasteiger partial charge in [0.2, 0.25) is 5.88 Å². The van der Waals surface area contributed by atoms with Crippen LogP contribution in [0.2, 0.25) is 0 Å². The quantitative estimate of drug-likeness (QED) is 0.682. The van der Waals surface area contributed by atoms with Gasteiger partial charge >= 0.3 is 5.97 Å². The van der Waals surface area contributed by atoms with Crippen LogP contribution in [0.3, 0.4) is 0 Å². The minimum absolute atomic E-state index is 0.0389. The molecule has 2 N–H and O–H groups in total. The second-order valence-electron chi connectivity index (χ2n) is 2.52. The number of hydrogen-bond acceptors (Lipinski definition) is 5. The van der Waals surface area contributed by atoms with Gasteiger partial charge in [-0.1, -0.05) is 0 Å². The number of carboxylic acid groups (broad SMARTS) is 1.